The van der Waals surface area contributed by atoms with Crippen LogP contribution in [0, 0.1) is 5.82 Å². The maximum Gasteiger partial charge on any atom is 0.254 e. The van der Waals surface area contributed by atoms with Gasteiger partial charge >= 0.3 is 0 Å². The molecule has 100 valence electrons. The van der Waals surface area contributed by atoms with E-state index in [1.807, 2.05) is 0 Å². The Labute approximate surface area is 108 Å². The van der Waals surface area contributed by atoms with E-state index in [1.54, 1.807) is 6.26 Å². The first kappa shape index (κ1) is 14.6. The van der Waals surface area contributed by atoms with Gasteiger partial charge in [-0.2, -0.15) is 0 Å². The summed E-state index contributed by atoms with van der Waals surface area (Å²) in [5.41, 5.74) is -0.0200. The van der Waals surface area contributed by atoms with Crippen LogP contribution in [0.15, 0.2) is 18.2 Å². The molecule has 4 nitrogen and oxygen atoms in total. The van der Waals surface area contributed by atoms with E-state index >= 15 is 0 Å². The Balaban J connectivity index is 2.54. The SMILES string of the molecule is COc1ccc(C(=O)NCCCS(C)=O)c(F)c1. The fraction of sp³-hybridized carbons (Fsp3) is 0.417. The fourth-order valence-electron chi connectivity index (χ4n) is 1.38. The van der Waals surface area contributed by atoms with E-state index in [0.717, 1.165) is 6.07 Å². The van der Waals surface area contributed by atoms with Crippen molar-refractivity contribution in [2.24, 2.45) is 0 Å². The van der Waals surface area contributed by atoms with Crippen molar-refractivity contribution in [1.82, 2.24) is 5.32 Å². The highest BCUT2D eigenvalue weighted by molar-refractivity contribution is 7.84. The quantitative estimate of drug-likeness (QED) is 0.796. The first-order chi connectivity index (χ1) is 8.54. The third kappa shape index (κ3) is 4.44. The molecule has 1 amide bonds. The van der Waals surface area contributed by atoms with E-state index in [0.29, 0.717) is 24.5 Å². The second-order valence-corrected chi connectivity index (χ2v) is 5.29. The van der Waals surface area contributed by atoms with Gasteiger partial charge in [-0.05, 0) is 18.6 Å². The van der Waals surface area contributed by atoms with Gasteiger partial charge in [0.2, 0.25) is 0 Å². The number of carbonyl (C=O) groups is 1. The smallest absolute Gasteiger partial charge is 0.254 e. The number of nitrogens with one attached hydrogen (secondary N) is 1. The molecule has 1 atom stereocenters. The zero-order chi connectivity index (χ0) is 13.5. The lowest BCUT2D eigenvalue weighted by atomic mass is 10.2. The van der Waals surface area contributed by atoms with Crippen LogP contribution in [0.25, 0.3) is 0 Å². The second kappa shape index (κ2) is 7.10. The third-order valence-electron chi connectivity index (χ3n) is 2.32. The Morgan fingerprint density at radius 2 is 2.22 bits per heavy atom. The summed E-state index contributed by atoms with van der Waals surface area (Å²) in [6.07, 6.45) is 2.21. The van der Waals surface area contributed by atoms with Crippen LogP contribution in [-0.4, -0.2) is 35.8 Å². The summed E-state index contributed by atoms with van der Waals surface area (Å²) >= 11 is 0. The molecule has 0 bridgehead atoms. The van der Waals surface area contributed by atoms with Gasteiger partial charge in [0.05, 0.1) is 12.7 Å². The fourth-order valence-corrected chi connectivity index (χ4v) is 1.93. The largest absolute Gasteiger partial charge is 0.497 e. The number of halogens is 1. The maximum atomic E-state index is 13.5. The lowest BCUT2D eigenvalue weighted by Crippen LogP contribution is -2.26. The standard InChI is InChI=1S/C12H16FNO3S/c1-17-9-4-5-10(11(13)8-9)12(15)14-6-3-7-18(2)16/h4-5,8H,3,6-7H2,1-2H3,(H,14,15). The number of hydrogen-bond donors (Lipinski definition) is 1. The first-order valence-electron chi connectivity index (χ1n) is 5.46. The summed E-state index contributed by atoms with van der Waals surface area (Å²) in [5.74, 6) is -0.209. The molecular weight excluding hydrogens is 257 g/mol. The van der Waals surface area contributed by atoms with Crippen molar-refractivity contribution < 1.29 is 18.1 Å². The lowest BCUT2D eigenvalue weighted by Gasteiger charge is -2.07. The number of benzene rings is 1. The zero-order valence-corrected chi connectivity index (χ0v) is 11.2. The second-order valence-electron chi connectivity index (χ2n) is 3.73. The van der Waals surface area contributed by atoms with Crippen LogP contribution in [0.1, 0.15) is 16.8 Å². The number of amides is 1. The Kier molecular flexibility index (Phi) is 5.77. The summed E-state index contributed by atoms with van der Waals surface area (Å²) in [7, 11) is 0.555. The predicted octanol–water partition coefficient (Wildman–Crippen LogP) is 1.33. The molecular formula is C12H16FNO3S. The molecule has 1 aromatic rings. The third-order valence-corrected chi connectivity index (χ3v) is 3.18. The molecule has 0 saturated heterocycles. The van der Waals surface area contributed by atoms with Crippen molar-refractivity contribution in [2.75, 3.05) is 25.7 Å². The van der Waals surface area contributed by atoms with Gasteiger partial charge in [-0.3, -0.25) is 9.00 Å². The van der Waals surface area contributed by atoms with Gasteiger partial charge in [0, 0.05) is 35.4 Å². The Morgan fingerprint density at radius 1 is 1.50 bits per heavy atom. The van der Waals surface area contributed by atoms with Gasteiger partial charge in [0.15, 0.2) is 0 Å². The molecule has 1 rings (SSSR count). The Bertz CT molecular complexity index is 451. The molecule has 1 aromatic carbocycles. The number of carbonyl (C=O) groups excluding carboxylic acids is 1. The van der Waals surface area contributed by atoms with Gasteiger partial charge in [-0.15, -0.1) is 0 Å². The first-order valence-corrected chi connectivity index (χ1v) is 7.19. The average Bonchev–Trinajstić information content (AvgIpc) is 2.33. The van der Waals surface area contributed by atoms with Crippen molar-refractivity contribution in [3.05, 3.63) is 29.6 Å². The summed E-state index contributed by atoms with van der Waals surface area (Å²) in [5, 5.41) is 2.58. The highest BCUT2D eigenvalue weighted by Gasteiger charge is 2.11. The Morgan fingerprint density at radius 3 is 2.78 bits per heavy atom. The molecule has 1 N–H and O–H groups in total. The Hall–Kier alpha value is -1.43. The van der Waals surface area contributed by atoms with E-state index in [1.165, 1.54) is 19.2 Å². The number of hydrogen-bond acceptors (Lipinski definition) is 3. The molecule has 1 unspecified atom stereocenters. The maximum absolute atomic E-state index is 13.5. The van der Waals surface area contributed by atoms with Crippen molar-refractivity contribution in [3.8, 4) is 5.75 Å². The number of rotatable bonds is 6. The summed E-state index contributed by atoms with van der Waals surface area (Å²) in [4.78, 5) is 11.6. The average molecular weight is 273 g/mol. The van der Waals surface area contributed by atoms with Crippen LogP contribution >= 0.6 is 0 Å². The van der Waals surface area contributed by atoms with Crippen molar-refractivity contribution in [2.45, 2.75) is 6.42 Å². The van der Waals surface area contributed by atoms with Crippen molar-refractivity contribution in [1.29, 1.82) is 0 Å². The highest BCUT2D eigenvalue weighted by atomic mass is 32.2. The zero-order valence-electron chi connectivity index (χ0n) is 10.4. The van der Waals surface area contributed by atoms with Gasteiger partial charge in [-0.1, -0.05) is 0 Å². The van der Waals surface area contributed by atoms with Gasteiger partial charge < -0.3 is 10.1 Å². The normalized spacial score (nSPS) is 11.9. The van der Waals surface area contributed by atoms with Crippen molar-refractivity contribution >= 4 is 16.7 Å². The molecule has 0 aromatic heterocycles. The lowest BCUT2D eigenvalue weighted by molar-refractivity contribution is 0.0949. The van der Waals surface area contributed by atoms with E-state index in [9.17, 15) is 13.4 Å². The van der Waals surface area contributed by atoms with E-state index < -0.39 is 22.5 Å². The molecule has 0 radical (unpaired) electrons. The van der Waals surface area contributed by atoms with Crippen LogP contribution in [0.5, 0.6) is 5.75 Å². The minimum Gasteiger partial charge on any atom is -0.497 e. The highest BCUT2D eigenvalue weighted by Crippen LogP contribution is 2.15. The molecule has 0 saturated carbocycles. The summed E-state index contributed by atoms with van der Waals surface area (Å²) in [6, 6.07) is 4.07. The molecule has 0 spiro atoms. The minimum absolute atomic E-state index is 0.0200. The monoisotopic (exact) mass is 273 g/mol. The number of ether oxygens (including phenoxy) is 1. The minimum atomic E-state index is -0.875. The molecule has 6 heteroatoms. The molecule has 0 aliphatic heterocycles. The summed E-state index contributed by atoms with van der Waals surface area (Å²) < 4.78 is 29.2. The molecule has 18 heavy (non-hydrogen) atoms. The van der Waals surface area contributed by atoms with Gasteiger partial charge in [-0.25, -0.2) is 4.39 Å². The molecule has 0 aliphatic rings. The summed E-state index contributed by atoms with van der Waals surface area (Å²) in [6.45, 7) is 0.379. The van der Waals surface area contributed by atoms with Crippen LogP contribution in [0.4, 0.5) is 4.39 Å². The van der Waals surface area contributed by atoms with E-state index in [4.69, 9.17) is 4.74 Å². The predicted molar refractivity (Wildman–Crippen MR) is 68.8 cm³/mol. The molecule has 0 aliphatic carbocycles. The van der Waals surface area contributed by atoms with E-state index in [2.05, 4.69) is 5.32 Å². The van der Waals surface area contributed by atoms with Crippen LogP contribution in [-0.2, 0) is 10.8 Å². The molecule has 0 fully saturated rings. The van der Waals surface area contributed by atoms with E-state index in [-0.39, 0.29) is 5.56 Å². The van der Waals surface area contributed by atoms with Crippen LogP contribution < -0.4 is 10.1 Å². The van der Waals surface area contributed by atoms with Crippen LogP contribution in [0.2, 0.25) is 0 Å². The van der Waals surface area contributed by atoms with Gasteiger partial charge in [0.1, 0.15) is 11.6 Å². The van der Waals surface area contributed by atoms with Crippen molar-refractivity contribution in [3.63, 3.8) is 0 Å². The number of methoxy groups -OCH3 is 1. The topological polar surface area (TPSA) is 55.4 Å². The van der Waals surface area contributed by atoms with Gasteiger partial charge in [0.25, 0.3) is 5.91 Å². The van der Waals surface area contributed by atoms with Crippen LogP contribution in [0.3, 0.4) is 0 Å². The molecule has 0 heterocycles.